The molecule has 1 heterocycles. The zero-order chi connectivity index (χ0) is 23.0. The molecule has 5 nitrogen and oxygen atoms in total. The van der Waals surface area contributed by atoms with E-state index >= 15 is 0 Å². The van der Waals surface area contributed by atoms with Gasteiger partial charge in [-0.2, -0.15) is 0 Å². The fraction of sp³-hybridized carbons (Fsp3) is 0.407. The van der Waals surface area contributed by atoms with Crippen LogP contribution in [-0.2, 0) is 9.59 Å². The van der Waals surface area contributed by atoms with Crippen molar-refractivity contribution in [1.82, 2.24) is 0 Å². The molecule has 168 valence electrons. The lowest BCUT2D eigenvalue weighted by Crippen LogP contribution is -2.38. The second kappa shape index (κ2) is 8.45. The van der Waals surface area contributed by atoms with E-state index in [1.165, 1.54) is 0 Å². The molecule has 2 aliphatic rings. The van der Waals surface area contributed by atoms with Crippen LogP contribution < -0.4 is 15.0 Å². The molecular weight excluding hydrogens is 400 g/mol. The van der Waals surface area contributed by atoms with E-state index in [0.29, 0.717) is 17.7 Å². The number of amides is 1. The molecule has 0 fully saturated rings. The first-order chi connectivity index (χ1) is 15.2. The average molecular weight is 433 g/mol. The maximum absolute atomic E-state index is 13.6. The zero-order valence-electron chi connectivity index (χ0n) is 19.6. The highest BCUT2D eigenvalue weighted by molar-refractivity contribution is 6.06. The molecule has 1 aliphatic heterocycles. The second-order valence-electron chi connectivity index (χ2n) is 9.64. The van der Waals surface area contributed by atoms with Crippen LogP contribution in [0.1, 0.15) is 65.5 Å². The van der Waals surface area contributed by atoms with Gasteiger partial charge in [-0.3, -0.25) is 14.5 Å². The van der Waals surface area contributed by atoms with Gasteiger partial charge in [0.25, 0.3) is 0 Å². The van der Waals surface area contributed by atoms with E-state index in [0.717, 1.165) is 35.5 Å². The van der Waals surface area contributed by atoms with Gasteiger partial charge in [0, 0.05) is 30.2 Å². The molecule has 1 aliphatic carbocycles. The summed E-state index contributed by atoms with van der Waals surface area (Å²) in [5, 5.41) is 3.53. The van der Waals surface area contributed by atoms with Crippen LogP contribution >= 0.6 is 0 Å². The summed E-state index contributed by atoms with van der Waals surface area (Å²) in [7, 11) is 0. The van der Waals surface area contributed by atoms with Gasteiger partial charge in [0.15, 0.2) is 5.78 Å². The normalized spacial score (nSPS) is 20.6. The smallest absolute Gasteiger partial charge is 0.224 e. The summed E-state index contributed by atoms with van der Waals surface area (Å²) in [6, 6.07) is 15.0. The minimum Gasteiger partial charge on any atom is -0.490 e. The Morgan fingerprint density at radius 1 is 1.16 bits per heavy atom. The highest BCUT2D eigenvalue weighted by Crippen LogP contribution is 2.49. The standard InChI is InChI=1S/C27H32N2O3/c1-6-17(2)32-24-14-10-7-11-19(24)26-25-21(15-27(4,5)16-23(25)31)28-20-12-8-9-13-22(20)29(26)18(3)30/h7-14,17,26,28H,6,15-16H2,1-5H3. The summed E-state index contributed by atoms with van der Waals surface area (Å²) < 4.78 is 6.27. The number of benzene rings is 2. The average Bonchev–Trinajstić information content (AvgIpc) is 2.87. The fourth-order valence-corrected chi connectivity index (χ4v) is 4.74. The summed E-state index contributed by atoms with van der Waals surface area (Å²) >= 11 is 0. The molecule has 5 heteroatoms. The quantitative estimate of drug-likeness (QED) is 0.641. The van der Waals surface area contributed by atoms with Crippen molar-refractivity contribution in [3.8, 4) is 5.75 Å². The van der Waals surface area contributed by atoms with Gasteiger partial charge in [-0.1, -0.05) is 51.1 Å². The zero-order valence-corrected chi connectivity index (χ0v) is 19.6. The molecule has 0 bridgehead atoms. The van der Waals surface area contributed by atoms with E-state index in [1.54, 1.807) is 11.8 Å². The highest BCUT2D eigenvalue weighted by atomic mass is 16.5. The predicted molar refractivity (Wildman–Crippen MR) is 128 cm³/mol. The molecule has 2 atom stereocenters. The molecule has 1 amide bonds. The Morgan fingerprint density at radius 2 is 1.84 bits per heavy atom. The predicted octanol–water partition coefficient (Wildman–Crippen LogP) is 6.03. The van der Waals surface area contributed by atoms with Gasteiger partial charge in [0.2, 0.25) is 5.91 Å². The summed E-state index contributed by atoms with van der Waals surface area (Å²) in [5.41, 5.74) is 3.84. The van der Waals surface area contributed by atoms with Crippen molar-refractivity contribution in [3.05, 3.63) is 65.4 Å². The maximum Gasteiger partial charge on any atom is 0.224 e. The largest absolute Gasteiger partial charge is 0.490 e. The number of carbonyl (C=O) groups excluding carboxylic acids is 2. The lowest BCUT2D eigenvalue weighted by Gasteiger charge is -2.37. The third-order valence-electron chi connectivity index (χ3n) is 6.36. The van der Waals surface area contributed by atoms with Gasteiger partial charge in [0.1, 0.15) is 5.75 Å². The molecule has 4 rings (SSSR count). The van der Waals surface area contributed by atoms with Crippen LogP contribution in [0.5, 0.6) is 5.75 Å². The number of fused-ring (bicyclic) bond motifs is 1. The van der Waals surface area contributed by atoms with Crippen LogP contribution in [0.25, 0.3) is 0 Å². The van der Waals surface area contributed by atoms with Crippen molar-refractivity contribution >= 4 is 23.1 Å². The van der Waals surface area contributed by atoms with Gasteiger partial charge < -0.3 is 10.1 Å². The fourth-order valence-electron chi connectivity index (χ4n) is 4.74. The van der Waals surface area contributed by atoms with Gasteiger partial charge in [0.05, 0.1) is 23.5 Å². The van der Waals surface area contributed by atoms with E-state index in [4.69, 9.17) is 4.74 Å². The molecule has 0 aromatic heterocycles. The van der Waals surface area contributed by atoms with Gasteiger partial charge in [-0.15, -0.1) is 0 Å². The molecule has 0 spiro atoms. The van der Waals surface area contributed by atoms with Crippen LogP contribution in [0.15, 0.2) is 59.8 Å². The number of Topliss-reactive ketones (excluding diaryl/α,β-unsaturated/α-hetero) is 1. The molecule has 0 saturated carbocycles. The van der Waals surface area contributed by atoms with Crippen LogP contribution in [-0.4, -0.2) is 17.8 Å². The summed E-state index contributed by atoms with van der Waals surface area (Å²) in [6.45, 7) is 9.90. The molecule has 2 aromatic rings. The van der Waals surface area contributed by atoms with E-state index in [9.17, 15) is 9.59 Å². The Labute approximate surface area is 190 Å². The van der Waals surface area contributed by atoms with Crippen molar-refractivity contribution in [2.45, 2.75) is 66.0 Å². The topological polar surface area (TPSA) is 58.6 Å². The van der Waals surface area contributed by atoms with Crippen molar-refractivity contribution in [2.75, 3.05) is 10.2 Å². The summed E-state index contributed by atoms with van der Waals surface area (Å²) in [4.78, 5) is 28.5. The van der Waals surface area contributed by atoms with E-state index in [1.807, 2.05) is 55.5 Å². The SMILES string of the molecule is CCC(C)Oc1ccccc1C1C2=C(CC(C)(C)CC2=O)Nc2ccccc2N1C(C)=O. The minimum atomic E-state index is -0.553. The van der Waals surface area contributed by atoms with Crippen molar-refractivity contribution in [2.24, 2.45) is 5.41 Å². The number of nitrogens with zero attached hydrogens (tertiary/aromatic N) is 1. The Hall–Kier alpha value is -3.08. The number of hydrogen-bond acceptors (Lipinski definition) is 4. The number of allylic oxidation sites excluding steroid dienone is 1. The molecule has 1 N–H and O–H groups in total. The summed E-state index contributed by atoms with van der Waals surface area (Å²) in [5.74, 6) is 0.669. The number of nitrogens with one attached hydrogen (secondary N) is 1. The molecule has 2 unspecified atom stereocenters. The number of carbonyl (C=O) groups is 2. The third kappa shape index (κ3) is 4.04. The number of rotatable bonds is 4. The summed E-state index contributed by atoms with van der Waals surface area (Å²) in [6.07, 6.45) is 2.06. The Balaban J connectivity index is 1.99. The Bertz CT molecular complexity index is 1090. The number of hydrogen-bond donors (Lipinski definition) is 1. The van der Waals surface area contributed by atoms with Crippen LogP contribution in [0.3, 0.4) is 0 Å². The van der Waals surface area contributed by atoms with Crippen LogP contribution in [0, 0.1) is 5.41 Å². The monoisotopic (exact) mass is 432 g/mol. The number of para-hydroxylation sites is 3. The van der Waals surface area contributed by atoms with Crippen LogP contribution in [0.4, 0.5) is 11.4 Å². The van der Waals surface area contributed by atoms with Gasteiger partial charge >= 0.3 is 0 Å². The van der Waals surface area contributed by atoms with Gasteiger partial charge in [-0.05, 0) is 43.4 Å². The Kier molecular flexibility index (Phi) is 5.85. The van der Waals surface area contributed by atoms with E-state index in [2.05, 4.69) is 26.1 Å². The van der Waals surface area contributed by atoms with Gasteiger partial charge in [-0.25, -0.2) is 0 Å². The van der Waals surface area contributed by atoms with Crippen molar-refractivity contribution < 1.29 is 14.3 Å². The lowest BCUT2D eigenvalue weighted by atomic mass is 9.73. The van der Waals surface area contributed by atoms with Crippen molar-refractivity contribution in [1.29, 1.82) is 0 Å². The number of ketones is 1. The second-order valence-corrected chi connectivity index (χ2v) is 9.64. The molecule has 32 heavy (non-hydrogen) atoms. The minimum absolute atomic E-state index is 0.0209. The third-order valence-corrected chi connectivity index (χ3v) is 6.36. The number of ether oxygens (including phenoxy) is 1. The van der Waals surface area contributed by atoms with Crippen molar-refractivity contribution in [3.63, 3.8) is 0 Å². The molecule has 0 saturated heterocycles. The first kappa shape index (κ1) is 22.1. The van der Waals surface area contributed by atoms with E-state index < -0.39 is 6.04 Å². The lowest BCUT2D eigenvalue weighted by molar-refractivity contribution is -0.118. The van der Waals surface area contributed by atoms with E-state index in [-0.39, 0.29) is 23.2 Å². The van der Waals surface area contributed by atoms with Crippen LogP contribution in [0.2, 0.25) is 0 Å². The first-order valence-electron chi connectivity index (χ1n) is 11.4. The maximum atomic E-state index is 13.6. The number of anilines is 2. The Morgan fingerprint density at radius 3 is 2.56 bits per heavy atom. The first-order valence-corrected chi connectivity index (χ1v) is 11.4. The molecule has 2 aromatic carbocycles. The highest BCUT2D eigenvalue weighted by Gasteiger charge is 2.43. The molecular formula is C27H32N2O3. The molecule has 0 radical (unpaired) electrons.